The average molecular weight is 339 g/mol. The molecule has 0 amide bonds. The van der Waals surface area contributed by atoms with E-state index in [9.17, 15) is 0 Å². The van der Waals surface area contributed by atoms with Crippen LogP contribution in [-0.4, -0.2) is 24.5 Å². The van der Waals surface area contributed by atoms with E-state index in [-0.39, 0.29) is 12.1 Å². The lowest BCUT2D eigenvalue weighted by Crippen LogP contribution is -2.50. The first-order valence-electron chi connectivity index (χ1n) is 8.71. The molecule has 5 heteroatoms. The fraction of sp³-hybridized carbons (Fsp3) is 0.350. The maximum Gasteiger partial charge on any atom is 0.198 e. The summed E-state index contributed by atoms with van der Waals surface area (Å²) in [5.74, 6) is 0.313. The van der Waals surface area contributed by atoms with E-state index in [0.717, 1.165) is 30.5 Å². The van der Waals surface area contributed by atoms with Crippen LogP contribution in [0.15, 0.2) is 60.7 Å². The van der Waals surface area contributed by atoms with Crippen molar-refractivity contribution in [2.45, 2.75) is 38.1 Å². The number of nitrogens with one attached hydrogen (secondary N) is 3. The third kappa shape index (κ3) is 5.67. The molecule has 0 aromatic heterocycles. The molecule has 1 aliphatic heterocycles. The van der Waals surface area contributed by atoms with Crippen molar-refractivity contribution in [1.82, 2.24) is 10.8 Å². The second-order valence-electron chi connectivity index (χ2n) is 6.27. The fourth-order valence-corrected chi connectivity index (χ4v) is 2.83. The van der Waals surface area contributed by atoms with Gasteiger partial charge in [0.2, 0.25) is 0 Å². The zero-order valence-corrected chi connectivity index (χ0v) is 14.3. The second-order valence-corrected chi connectivity index (χ2v) is 6.27. The first kappa shape index (κ1) is 17.6. The maximum atomic E-state index is 8.11. The van der Waals surface area contributed by atoms with Crippen LogP contribution >= 0.6 is 0 Å². The predicted molar refractivity (Wildman–Crippen MR) is 98.1 cm³/mol. The van der Waals surface area contributed by atoms with Crippen LogP contribution in [0.5, 0.6) is 0 Å². The first-order valence-corrected chi connectivity index (χ1v) is 8.71. The van der Waals surface area contributed by atoms with Gasteiger partial charge in [-0.15, -0.1) is 0 Å². The van der Waals surface area contributed by atoms with Gasteiger partial charge in [0, 0.05) is 12.6 Å². The molecule has 3 N–H and O–H groups in total. The van der Waals surface area contributed by atoms with Gasteiger partial charge < -0.3 is 10.1 Å². The number of rotatable bonds is 7. The van der Waals surface area contributed by atoms with Gasteiger partial charge in [0.05, 0.1) is 12.6 Å². The Kier molecular flexibility index (Phi) is 6.56. The summed E-state index contributed by atoms with van der Waals surface area (Å²) in [5, 5.41) is 11.5. The van der Waals surface area contributed by atoms with Gasteiger partial charge >= 0.3 is 0 Å². The zero-order chi connectivity index (χ0) is 17.3. The second kappa shape index (κ2) is 9.32. The van der Waals surface area contributed by atoms with Crippen molar-refractivity contribution in [3.05, 3.63) is 71.8 Å². The Bertz CT molecular complexity index is 641. The Morgan fingerprint density at radius 3 is 2.20 bits per heavy atom. The van der Waals surface area contributed by atoms with E-state index in [0.29, 0.717) is 19.1 Å². The van der Waals surface area contributed by atoms with Crippen molar-refractivity contribution in [3.8, 4) is 0 Å². The summed E-state index contributed by atoms with van der Waals surface area (Å²) in [4.78, 5) is 5.59. The summed E-state index contributed by atoms with van der Waals surface area (Å²) in [6.45, 7) is 1.76. The molecule has 2 atom stereocenters. The number of piperidine rings is 1. The molecular weight excluding hydrogens is 314 g/mol. The lowest BCUT2D eigenvalue weighted by atomic mass is 10.0. The Morgan fingerprint density at radius 2 is 1.60 bits per heavy atom. The fourth-order valence-electron chi connectivity index (χ4n) is 2.83. The molecule has 0 aliphatic carbocycles. The van der Waals surface area contributed by atoms with Gasteiger partial charge in [-0.25, -0.2) is 0 Å². The van der Waals surface area contributed by atoms with Crippen molar-refractivity contribution in [2.75, 3.05) is 6.54 Å². The molecule has 0 radical (unpaired) electrons. The molecule has 132 valence electrons. The monoisotopic (exact) mass is 339 g/mol. The highest BCUT2D eigenvalue weighted by atomic mass is 16.6. The highest BCUT2D eigenvalue weighted by Crippen LogP contribution is 2.12. The molecule has 1 aliphatic rings. The Balaban J connectivity index is 1.33. The largest absolute Gasteiger partial charge is 0.475 e. The predicted octanol–water partition coefficient (Wildman–Crippen LogP) is 3.02. The van der Waals surface area contributed by atoms with E-state index in [2.05, 4.69) is 10.8 Å². The standard InChI is InChI=1S/C20H25N3O2/c21-20(24-14-16-7-3-1-4-8-16)19-12-11-18(13-22-19)23-25-15-17-9-5-2-6-10-17/h1-10,18-19,21-23H,11-15H2. The minimum absolute atomic E-state index is 0.0177. The molecule has 0 bridgehead atoms. The van der Waals surface area contributed by atoms with Crippen molar-refractivity contribution in [2.24, 2.45) is 0 Å². The maximum absolute atomic E-state index is 8.11. The van der Waals surface area contributed by atoms with E-state index in [4.69, 9.17) is 15.0 Å². The van der Waals surface area contributed by atoms with Gasteiger partial charge in [-0.05, 0) is 24.0 Å². The number of ether oxygens (including phenoxy) is 1. The number of hydrogen-bond donors (Lipinski definition) is 3. The minimum atomic E-state index is -0.0177. The van der Waals surface area contributed by atoms with Gasteiger partial charge in [0.25, 0.3) is 0 Å². The highest BCUT2D eigenvalue weighted by molar-refractivity contribution is 5.78. The molecule has 0 spiro atoms. The van der Waals surface area contributed by atoms with E-state index in [1.54, 1.807) is 0 Å². The van der Waals surface area contributed by atoms with Gasteiger partial charge in [-0.2, -0.15) is 5.48 Å². The third-order valence-corrected chi connectivity index (χ3v) is 4.30. The van der Waals surface area contributed by atoms with Crippen molar-refractivity contribution in [3.63, 3.8) is 0 Å². The van der Waals surface area contributed by atoms with Gasteiger partial charge in [-0.3, -0.25) is 10.2 Å². The number of hydroxylamine groups is 1. The molecule has 25 heavy (non-hydrogen) atoms. The first-order chi connectivity index (χ1) is 12.3. The molecule has 2 aromatic rings. The summed E-state index contributed by atoms with van der Waals surface area (Å²) < 4.78 is 5.61. The van der Waals surface area contributed by atoms with Crippen LogP contribution in [0.3, 0.4) is 0 Å². The normalized spacial score (nSPS) is 20.2. The summed E-state index contributed by atoms with van der Waals surface area (Å²) in [6.07, 6.45) is 1.81. The lowest BCUT2D eigenvalue weighted by Gasteiger charge is -2.30. The van der Waals surface area contributed by atoms with Crippen molar-refractivity contribution >= 4 is 5.90 Å². The molecule has 0 saturated carbocycles. The van der Waals surface area contributed by atoms with Crippen LogP contribution < -0.4 is 10.8 Å². The summed E-state index contributed by atoms with van der Waals surface area (Å²) in [7, 11) is 0. The van der Waals surface area contributed by atoms with E-state index in [1.165, 1.54) is 0 Å². The smallest absolute Gasteiger partial charge is 0.198 e. The van der Waals surface area contributed by atoms with Crippen LogP contribution in [0.4, 0.5) is 0 Å². The van der Waals surface area contributed by atoms with Crippen molar-refractivity contribution in [1.29, 1.82) is 5.41 Å². The Hall–Kier alpha value is -2.21. The van der Waals surface area contributed by atoms with Gasteiger partial charge in [0.1, 0.15) is 6.61 Å². The van der Waals surface area contributed by atoms with Gasteiger partial charge in [0.15, 0.2) is 5.90 Å². The Labute approximate surface area is 148 Å². The molecule has 1 fully saturated rings. The van der Waals surface area contributed by atoms with E-state index in [1.807, 2.05) is 60.7 Å². The van der Waals surface area contributed by atoms with E-state index >= 15 is 0 Å². The highest BCUT2D eigenvalue weighted by Gasteiger charge is 2.24. The summed E-state index contributed by atoms with van der Waals surface area (Å²) >= 11 is 0. The topological polar surface area (TPSA) is 66.4 Å². The molecular formula is C20H25N3O2. The summed E-state index contributed by atoms with van der Waals surface area (Å²) in [5.41, 5.74) is 5.34. The molecule has 1 heterocycles. The van der Waals surface area contributed by atoms with Gasteiger partial charge in [-0.1, -0.05) is 60.7 Å². The van der Waals surface area contributed by atoms with Crippen molar-refractivity contribution < 1.29 is 9.57 Å². The van der Waals surface area contributed by atoms with E-state index < -0.39 is 0 Å². The van der Waals surface area contributed by atoms with Crippen LogP contribution in [0.2, 0.25) is 0 Å². The molecule has 1 saturated heterocycles. The van der Waals surface area contributed by atoms with Crippen LogP contribution in [0.1, 0.15) is 24.0 Å². The Morgan fingerprint density at radius 1 is 0.960 bits per heavy atom. The van der Waals surface area contributed by atoms with Crippen LogP contribution in [0.25, 0.3) is 0 Å². The zero-order valence-electron chi connectivity index (χ0n) is 14.3. The lowest BCUT2D eigenvalue weighted by molar-refractivity contribution is -0.00297. The minimum Gasteiger partial charge on any atom is -0.475 e. The average Bonchev–Trinajstić information content (AvgIpc) is 2.68. The van der Waals surface area contributed by atoms with Crippen LogP contribution in [0, 0.1) is 5.41 Å². The summed E-state index contributed by atoms with van der Waals surface area (Å²) in [6, 6.07) is 20.3. The number of hydrogen-bond acceptors (Lipinski definition) is 5. The molecule has 3 rings (SSSR count). The van der Waals surface area contributed by atoms with Crippen LogP contribution in [-0.2, 0) is 22.8 Å². The molecule has 5 nitrogen and oxygen atoms in total. The quantitative estimate of drug-likeness (QED) is 0.412. The molecule has 2 aromatic carbocycles. The SMILES string of the molecule is N=C(OCc1ccccc1)C1CCC(NOCc2ccccc2)CN1. The third-order valence-electron chi connectivity index (χ3n) is 4.30. The molecule has 2 unspecified atom stereocenters. The number of benzene rings is 2.